The van der Waals surface area contributed by atoms with Gasteiger partial charge in [0.1, 0.15) is 0 Å². The molecule has 0 radical (unpaired) electrons. The second-order valence-electron chi connectivity index (χ2n) is 4.28. The highest BCUT2D eigenvalue weighted by atomic mass is 16.2. The van der Waals surface area contributed by atoms with Crippen LogP contribution in [0.25, 0.3) is 0 Å². The summed E-state index contributed by atoms with van der Waals surface area (Å²) >= 11 is 0. The van der Waals surface area contributed by atoms with Gasteiger partial charge in [0.25, 0.3) is 0 Å². The van der Waals surface area contributed by atoms with E-state index in [1.165, 1.54) is 0 Å². The first-order chi connectivity index (χ1) is 7.27. The van der Waals surface area contributed by atoms with Crippen LogP contribution in [-0.4, -0.2) is 42.2 Å². The minimum atomic E-state index is 0.257. The average Bonchev–Trinajstić information content (AvgIpc) is 2.59. The van der Waals surface area contributed by atoms with Crippen LogP contribution < -0.4 is 5.73 Å². The number of nitrogens with zero attached hydrogens (tertiary/aromatic N) is 1. The van der Waals surface area contributed by atoms with Crippen molar-refractivity contribution in [1.29, 1.82) is 0 Å². The smallest absolute Gasteiger partial charge is 0.222 e. The van der Waals surface area contributed by atoms with E-state index >= 15 is 0 Å². The molecule has 0 bridgehead atoms. The maximum absolute atomic E-state index is 11.5. The van der Waals surface area contributed by atoms with Crippen molar-refractivity contribution < 1.29 is 9.90 Å². The summed E-state index contributed by atoms with van der Waals surface area (Å²) in [5.41, 5.74) is 5.55. The van der Waals surface area contributed by atoms with E-state index in [2.05, 4.69) is 0 Å². The third-order valence-corrected chi connectivity index (χ3v) is 2.96. The van der Waals surface area contributed by atoms with Crippen LogP contribution in [0.3, 0.4) is 0 Å². The van der Waals surface area contributed by atoms with Crippen LogP contribution in [0.2, 0.25) is 0 Å². The third-order valence-electron chi connectivity index (χ3n) is 2.96. The zero-order chi connectivity index (χ0) is 11.1. The van der Waals surface area contributed by atoms with Gasteiger partial charge < -0.3 is 15.7 Å². The van der Waals surface area contributed by atoms with Crippen molar-refractivity contribution in [2.45, 2.75) is 32.1 Å². The Labute approximate surface area is 91.4 Å². The van der Waals surface area contributed by atoms with Crippen molar-refractivity contribution in [2.24, 2.45) is 11.7 Å². The van der Waals surface area contributed by atoms with Gasteiger partial charge in [0.15, 0.2) is 0 Å². The number of rotatable bonds is 7. The van der Waals surface area contributed by atoms with E-state index in [0.717, 1.165) is 38.8 Å². The summed E-state index contributed by atoms with van der Waals surface area (Å²) in [7, 11) is 0. The lowest BCUT2D eigenvalue weighted by Crippen LogP contribution is -2.27. The SMILES string of the molecule is NCC1CC(=O)N(CCCCCCO)C1. The van der Waals surface area contributed by atoms with Gasteiger partial charge in [-0.25, -0.2) is 0 Å². The van der Waals surface area contributed by atoms with E-state index in [0.29, 0.717) is 18.9 Å². The fraction of sp³-hybridized carbons (Fsp3) is 0.909. The molecule has 0 aliphatic carbocycles. The normalized spacial score (nSPS) is 21.3. The fourth-order valence-electron chi connectivity index (χ4n) is 2.00. The van der Waals surface area contributed by atoms with Crippen LogP contribution in [-0.2, 0) is 4.79 Å². The maximum atomic E-state index is 11.5. The van der Waals surface area contributed by atoms with E-state index in [-0.39, 0.29) is 12.5 Å². The average molecular weight is 214 g/mol. The van der Waals surface area contributed by atoms with Gasteiger partial charge in [-0.05, 0) is 25.3 Å². The van der Waals surface area contributed by atoms with Crippen LogP contribution in [0.5, 0.6) is 0 Å². The topological polar surface area (TPSA) is 66.6 Å². The summed E-state index contributed by atoms with van der Waals surface area (Å²) in [6.07, 6.45) is 4.70. The van der Waals surface area contributed by atoms with E-state index in [1.54, 1.807) is 0 Å². The molecular weight excluding hydrogens is 192 g/mol. The summed E-state index contributed by atoms with van der Waals surface area (Å²) in [6, 6.07) is 0. The van der Waals surface area contributed by atoms with E-state index in [9.17, 15) is 4.79 Å². The molecule has 1 unspecified atom stereocenters. The highest BCUT2D eigenvalue weighted by molar-refractivity contribution is 5.78. The molecule has 0 aromatic rings. The molecule has 0 spiro atoms. The second-order valence-corrected chi connectivity index (χ2v) is 4.28. The highest BCUT2D eigenvalue weighted by Gasteiger charge is 2.27. The molecule has 4 nitrogen and oxygen atoms in total. The molecule has 1 heterocycles. The van der Waals surface area contributed by atoms with E-state index in [4.69, 9.17) is 10.8 Å². The predicted molar refractivity (Wildman–Crippen MR) is 59.3 cm³/mol. The number of carbonyl (C=O) groups is 1. The van der Waals surface area contributed by atoms with Gasteiger partial charge in [-0.15, -0.1) is 0 Å². The van der Waals surface area contributed by atoms with Crippen LogP contribution in [0.15, 0.2) is 0 Å². The number of hydrogen-bond acceptors (Lipinski definition) is 3. The minimum absolute atomic E-state index is 0.257. The fourth-order valence-corrected chi connectivity index (χ4v) is 2.00. The Morgan fingerprint density at radius 2 is 2.07 bits per heavy atom. The number of aliphatic hydroxyl groups is 1. The number of amides is 1. The van der Waals surface area contributed by atoms with Gasteiger partial charge in [-0.2, -0.15) is 0 Å². The first-order valence-electron chi connectivity index (χ1n) is 5.86. The Hall–Kier alpha value is -0.610. The Balaban J connectivity index is 2.08. The number of hydrogen-bond donors (Lipinski definition) is 2. The van der Waals surface area contributed by atoms with Crippen molar-refractivity contribution in [2.75, 3.05) is 26.2 Å². The van der Waals surface area contributed by atoms with Gasteiger partial charge >= 0.3 is 0 Å². The molecule has 1 atom stereocenters. The molecule has 1 fully saturated rings. The third kappa shape index (κ3) is 4.18. The number of likely N-dealkylation sites (tertiary alicyclic amines) is 1. The minimum Gasteiger partial charge on any atom is -0.396 e. The number of aliphatic hydroxyl groups excluding tert-OH is 1. The molecule has 15 heavy (non-hydrogen) atoms. The summed E-state index contributed by atoms with van der Waals surface area (Å²) < 4.78 is 0. The molecule has 1 rings (SSSR count). The molecular formula is C11H22N2O2. The molecule has 0 saturated carbocycles. The Morgan fingerprint density at radius 1 is 1.33 bits per heavy atom. The highest BCUT2D eigenvalue weighted by Crippen LogP contribution is 2.17. The molecule has 4 heteroatoms. The van der Waals surface area contributed by atoms with Gasteiger partial charge in [-0.3, -0.25) is 4.79 Å². The van der Waals surface area contributed by atoms with Crippen LogP contribution in [0.4, 0.5) is 0 Å². The van der Waals surface area contributed by atoms with Crippen molar-refractivity contribution in [3.63, 3.8) is 0 Å². The molecule has 1 aliphatic heterocycles. The summed E-state index contributed by atoms with van der Waals surface area (Å²) in [5.74, 6) is 0.627. The standard InChI is InChI=1S/C11H22N2O2/c12-8-10-7-11(15)13(9-10)5-3-1-2-4-6-14/h10,14H,1-9,12H2. The maximum Gasteiger partial charge on any atom is 0.222 e. The monoisotopic (exact) mass is 214 g/mol. The van der Waals surface area contributed by atoms with E-state index < -0.39 is 0 Å². The first kappa shape index (κ1) is 12.5. The lowest BCUT2D eigenvalue weighted by atomic mass is 10.1. The van der Waals surface area contributed by atoms with Crippen molar-refractivity contribution in [3.05, 3.63) is 0 Å². The van der Waals surface area contributed by atoms with Crippen molar-refractivity contribution >= 4 is 5.91 Å². The van der Waals surface area contributed by atoms with Crippen molar-refractivity contribution in [1.82, 2.24) is 4.90 Å². The molecule has 1 amide bonds. The Bertz CT molecular complexity index is 197. The predicted octanol–water partition coefficient (Wildman–Crippen LogP) is 0.346. The van der Waals surface area contributed by atoms with Crippen molar-refractivity contribution in [3.8, 4) is 0 Å². The van der Waals surface area contributed by atoms with E-state index in [1.807, 2.05) is 4.90 Å². The molecule has 88 valence electrons. The van der Waals surface area contributed by atoms with Crippen LogP contribution in [0.1, 0.15) is 32.1 Å². The largest absolute Gasteiger partial charge is 0.396 e. The molecule has 0 aromatic heterocycles. The van der Waals surface area contributed by atoms with Crippen LogP contribution in [0, 0.1) is 5.92 Å². The number of unbranched alkanes of at least 4 members (excludes halogenated alkanes) is 3. The number of carbonyl (C=O) groups excluding carboxylic acids is 1. The Kier molecular flexibility index (Phi) is 5.65. The summed E-state index contributed by atoms with van der Waals surface area (Å²) in [5, 5.41) is 8.61. The quantitative estimate of drug-likeness (QED) is 0.601. The zero-order valence-electron chi connectivity index (χ0n) is 9.32. The zero-order valence-corrected chi connectivity index (χ0v) is 9.32. The summed E-state index contributed by atoms with van der Waals surface area (Å²) in [4.78, 5) is 13.4. The van der Waals surface area contributed by atoms with Gasteiger partial charge in [-0.1, -0.05) is 12.8 Å². The van der Waals surface area contributed by atoms with Gasteiger partial charge in [0, 0.05) is 26.1 Å². The Morgan fingerprint density at radius 3 is 2.67 bits per heavy atom. The summed E-state index contributed by atoms with van der Waals surface area (Å²) in [6.45, 7) is 2.60. The van der Waals surface area contributed by atoms with Crippen LogP contribution >= 0.6 is 0 Å². The van der Waals surface area contributed by atoms with Gasteiger partial charge in [0.2, 0.25) is 5.91 Å². The van der Waals surface area contributed by atoms with Gasteiger partial charge in [0.05, 0.1) is 0 Å². The lowest BCUT2D eigenvalue weighted by Gasteiger charge is -2.15. The molecule has 0 aromatic carbocycles. The second kappa shape index (κ2) is 6.80. The molecule has 3 N–H and O–H groups in total. The molecule has 1 saturated heterocycles. The lowest BCUT2D eigenvalue weighted by molar-refractivity contribution is -0.127. The first-order valence-corrected chi connectivity index (χ1v) is 5.86. The number of nitrogens with two attached hydrogens (primary N) is 1. The molecule has 1 aliphatic rings.